The first kappa shape index (κ1) is 11.9. The van der Waals surface area contributed by atoms with E-state index in [0.29, 0.717) is 0 Å². The van der Waals surface area contributed by atoms with Crippen LogP contribution in [0.5, 0.6) is 0 Å². The van der Waals surface area contributed by atoms with Gasteiger partial charge in [0.25, 0.3) is 0 Å². The summed E-state index contributed by atoms with van der Waals surface area (Å²) in [7, 11) is 0. The molecule has 17 heavy (non-hydrogen) atoms. The number of aromatic nitrogens is 2. The smallest absolute Gasteiger partial charge is 0.138 e. The average molecular weight is 272 g/mol. The first-order valence-corrected chi connectivity index (χ1v) is 7.70. The van der Waals surface area contributed by atoms with Gasteiger partial charge in [-0.3, -0.25) is 4.90 Å². The van der Waals surface area contributed by atoms with Crippen LogP contribution in [-0.4, -0.2) is 27.1 Å². The molecule has 1 saturated carbocycles. The fourth-order valence-corrected chi connectivity index (χ4v) is 4.02. The van der Waals surface area contributed by atoms with Crippen LogP contribution in [0.1, 0.15) is 44.2 Å². The van der Waals surface area contributed by atoms with Crippen LogP contribution in [0.15, 0.2) is 0 Å². The second kappa shape index (κ2) is 5.21. The van der Waals surface area contributed by atoms with Gasteiger partial charge in [-0.2, -0.15) is 0 Å². The Morgan fingerprint density at radius 2 is 2.06 bits per heavy atom. The lowest BCUT2D eigenvalue weighted by Crippen LogP contribution is -2.46. The quantitative estimate of drug-likeness (QED) is 0.826. The number of hydrogen-bond acceptors (Lipinski definition) is 4. The molecule has 5 heteroatoms. The van der Waals surface area contributed by atoms with Crippen molar-refractivity contribution >= 4 is 23.1 Å². The molecule has 0 radical (unpaired) electrons. The lowest BCUT2D eigenvalue weighted by atomic mass is 9.78. The summed E-state index contributed by atoms with van der Waals surface area (Å²) >= 11 is 7.40. The zero-order valence-corrected chi connectivity index (χ0v) is 11.5. The second-order valence-electron chi connectivity index (χ2n) is 5.22. The number of piperidine rings is 1. The Hall–Kier alpha value is -0.190. The summed E-state index contributed by atoms with van der Waals surface area (Å²) in [5, 5.41) is 4.14. The summed E-state index contributed by atoms with van der Waals surface area (Å²) in [6, 6.07) is 0.773. The van der Waals surface area contributed by atoms with E-state index < -0.39 is 0 Å². The van der Waals surface area contributed by atoms with Crippen molar-refractivity contribution in [2.75, 3.05) is 6.54 Å². The van der Waals surface area contributed by atoms with Gasteiger partial charge in [0.2, 0.25) is 0 Å². The molecule has 2 fully saturated rings. The van der Waals surface area contributed by atoms with E-state index in [1.165, 1.54) is 56.6 Å². The number of fused-ring (bicyclic) bond motifs is 1. The highest BCUT2D eigenvalue weighted by Crippen LogP contribution is 2.36. The lowest BCUT2D eigenvalue weighted by molar-refractivity contribution is 0.0537. The summed E-state index contributed by atoms with van der Waals surface area (Å²) < 4.78 is 4.69. The maximum absolute atomic E-state index is 6.10. The van der Waals surface area contributed by atoms with E-state index in [0.717, 1.165) is 28.5 Å². The van der Waals surface area contributed by atoms with E-state index in [4.69, 9.17) is 11.6 Å². The Morgan fingerprint density at radius 3 is 2.88 bits per heavy atom. The number of hydrogen-bond donors (Lipinski definition) is 0. The van der Waals surface area contributed by atoms with Gasteiger partial charge in [0, 0.05) is 24.1 Å². The predicted molar refractivity (Wildman–Crippen MR) is 70.3 cm³/mol. The van der Waals surface area contributed by atoms with Crippen LogP contribution in [-0.2, 0) is 6.54 Å². The topological polar surface area (TPSA) is 29.0 Å². The zero-order valence-electron chi connectivity index (χ0n) is 9.94. The Morgan fingerprint density at radius 1 is 1.24 bits per heavy atom. The average Bonchev–Trinajstić information content (AvgIpc) is 2.76. The molecule has 1 aromatic rings. The molecule has 0 unspecified atom stereocenters. The summed E-state index contributed by atoms with van der Waals surface area (Å²) in [5.41, 5.74) is 0.975. The molecular weight excluding hydrogens is 254 g/mol. The Labute approximate surface area is 111 Å². The van der Waals surface area contributed by atoms with Crippen LogP contribution in [0.3, 0.4) is 0 Å². The third-order valence-corrected chi connectivity index (χ3v) is 5.20. The van der Waals surface area contributed by atoms with E-state index in [-0.39, 0.29) is 0 Å². The number of rotatable bonds is 2. The van der Waals surface area contributed by atoms with Gasteiger partial charge in [0.05, 0.1) is 0 Å². The van der Waals surface area contributed by atoms with Crippen molar-refractivity contribution in [2.24, 2.45) is 5.92 Å². The number of likely N-dealkylation sites (tertiary alicyclic amines) is 1. The molecule has 2 heterocycles. The fourth-order valence-electron chi connectivity index (χ4n) is 3.41. The molecule has 94 valence electrons. The zero-order chi connectivity index (χ0) is 11.7. The summed E-state index contributed by atoms with van der Waals surface area (Å²) in [6.07, 6.45) is 8.35. The summed E-state index contributed by atoms with van der Waals surface area (Å²) in [6.45, 7) is 2.10. The Bertz CT molecular complexity index is 380. The van der Waals surface area contributed by atoms with Crippen molar-refractivity contribution in [3.8, 4) is 0 Å². The van der Waals surface area contributed by atoms with E-state index in [1.807, 2.05) is 0 Å². The Balaban J connectivity index is 1.71. The normalized spacial score (nSPS) is 30.2. The van der Waals surface area contributed by atoms with Crippen molar-refractivity contribution in [3.63, 3.8) is 0 Å². The molecule has 0 aromatic carbocycles. The van der Waals surface area contributed by atoms with Crippen molar-refractivity contribution < 1.29 is 0 Å². The minimum absolute atomic E-state index is 0.767. The van der Waals surface area contributed by atoms with E-state index in [1.54, 1.807) is 0 Å². The van der Waals surface area contributed by atoms with Gasteiger partial charge in [-0.25, -0.2) is 0 Å². The van der Waals surface area contributed by atoms with Gasteiger partial charge in [0.1, 0.15) is 10.0 Å². The van der Waals surface area contributed by atoms with Gasteiger partial charge in [-0.15, -0.1) is 5.10 Å². The van der Waals surface area contributed by atoms with Crippen LogP contribution in [0, 0.1) is 5.92 Å². The maximum atomic E-state index is 6.10. The molecular formula is C12H18ClN3S. The van der Waals surface area contributed by atoms with Gasteiger partial charge in [0.15, 0.2) is 0 Å². The van der Waals surface area contributed by atoms with Gasteiger partial charge >= 0.3 is 0 Å². The highest BCUT2D eigenvalue weighted by atomic mass is 35.5. The third kappa shape index (κ3) is 2.49. The van der Waals surface area contributed by atoms with Crippen molar-refractivity contribution in [3.05, 3.63) is 10.0 Å². The van der Waals surface area contributed by atoms with Crippen LogP contribution in [0.25, 0.3) is 0 Å². The van der Waals surface area contributed by atoms with Crippen molar-refractivity contribution in [1.82, 2.24) is 14.5 Å². The van der Waals surface area contributed by atoms with Crippen LogP contribution < -0.4 is 0 Å². The van der Waals surface area contributed by atoms with E-state index in [9.17, 15) is 0 Å². The maximum Gasteiger partial charge on any atom is 0.138 e. The standard InChI is InChI=1S/C12H18ClN3S/c13-12-10(14-15-17-12)8-16-7-3-5-9-4-1-2-6-11(9)16/h9,11H,1-8H2/t9-,11-/m0/s1. The van der Waals surface area contributed by atoms with Crippen molar-refractivity contribution in [2.45, 2.75) is 51.1 Å². The molecule has 1 aromatic heterocycles. The minimum atomic E-state index is 0.767. The minimum Gasteiger partial charge on any atom is -0.294 e. The molecule has 2 aliphatic rings. The second-order valence-corrected chi connectivity index (χ2v) is 6.57. The van der Waals surface area contributed by atoms with Gasteiger partial charge in [-0.1, -0.05) is 28.9 Å². The summed E-state index contributed by atoms with van der Waals surface area (Å²) in [5.74, 6) is 0.919. The molecule has 3 rings (SSSR count). The number of nitrogens with zero attached hydrogens (tertiary/aromatic N) is 3. The van der Waals surface area contributed by atoms with Crippen LogP contribution >= 0.6 is 23.1 Å². The fraction of sp³-hybridized carbons (Fsp3) is 0.833. The molecule has 1 aliphatic heterocycles. The predicted octanol–water partition coefficient (Wildman–Crippen LogP) is 3.35. The molecule has 0 bridgehead atoms. The first-order valence-electron chi connectivity index (χ1n) is 6.55. The third-order valence-electron chi connectivity index (χ3n) is 4.22. The lowest BCUT2D eigenvalue weighted by Gasteiger charge is -2.43. The highest BCUT2D eigenvalue weighted by Gasteiger charge is 2.33. The largest absolute Gasteiger partial charge is 0.294 e. The molecule has 2 atom stereocenters. The molecule has 0 N–H and O–H groups in total. The van der Waals surface area contributed by atoms with E-state index >= 15 is 0 Å². The van der Waals surface area contributed by atoms with E-state index in [2.05, 4.69) is 14.5 Å². The monoisotopic (exact) mass is 271 g/mol. The van der Waals surface area contributed by atoms with Gasteiger partial charge < -0.3 is 0 Å². The molecule has 3 nitrogen and oxygen atoms in total. The van der Waals surface area contributed by atoms with Crippen molar-refractivity contribution in [1.29, 1.82) is 0 Å². The highest BCUT2D eigenvalue weighted by molar-refractivity contribution is 7.10. The first-order chi connectivity index (χ1) is 8.34. The Kier molecular flexibility index (Phi) is 3.64. The molecule has 0 spiro atoms. The molecule has 0 amide bonds. The molecule has 1 saturated heterocycles. The molecule has 1 aliphatic carbocycles. The van der Waals surface area contributed by atoms with Crippen LogP contribution in [0.4, 0.5) is 0 Å². The van der Waals surface area contributed by atoms with Gasteiger partial charge in [-0.05, 0) is 38.1 Å². The SMILES string of the molecule is Clc1snnc1CN1CCC[C@@H]2CCCC[C@@H]21. The summed E-state index contributed by atoms with van der Waals surface area (Å²) in [4.78, 5) is 2.59. The van der Waals surface area contributed by atoms with Crippen LogP contribution in [0.2, 0.25) is 4.34 Å². The number of halogens is 1.